The lowest BCUT2D eigenvalue weighted by molar-refractivity contribution is 0.0376. The second-order valence-electron chi connectivity index (χ2n) is 10.2. The summed E-state index contributed by atoms with van der Waals surface area (Å²) in [6, 6.07) is 11.7. The van der Waals surface area contributed by atoms with Crippen molar-refractivity contribution in [3.8, 4) is 5.75 Å². The van der Waals surface area contributed by atoms with Gasteiger partial charge in [-0.3, -0.25) is 14.6 Å². The molecule has 43 heavy (non-hydrogen) atoms. The molecule has 2 aromatic carbocycles. The van der Waals surface area contributed by atoms with Crippen molar-refractivity contribution in [2.45, 2.75) is 18.2 Å². The maximum atomic E-state index is 13.9. The first kappa shape index (κ1) is 31.1. The molecule has 0 aliphatic carbocycles. The van der Waals surface area contributed by atoms with Gasteiger partial charge in [-0.1, -0.05) is 11.3 Å². The summed E-state index contributed by atoms with van der Waals surface area (Å²) >= 11 is 1.43. The van der Waals surface area contributed by atoms with Gasteiger partial charge in [0.2, 0.25) is 10.0 Å². The van der Waals surface area contributed by atoms with Crippen LogP contribution >= 0.6 is 11.3 Å². The number of thiazole rings is 1. The molecule has 1 aromatic heterocycles. The first-order valence-electron chi connectivity index (χ1n) is 14.4. The van der Waals surface area contributed by atoms with E-state index in [4.69, 9.17) is 19.2 Å². The predicted octanol–water partition coefficient (Wildman–Crippen LogP) is 3.14. The van der Waals surface area contributed by atoms with Gasteiger partial charge >= 0.3 is 6.09 Å². The number of ether oxygens (including phenoxy) is 3. The molecule has 0 N–H and O–H groups in total. The SMILES string of the molecule is CCOC(=O)N1CCN(S(=O)(=O)c2ccc(C(=O)N(CCCN3CCOCC3)c3nc4cc(OC)ccc4s3)cc2)CC1. The highest BCUT2D eigenvalue weighted by molar-refractivity contribution is 7.89. The standard InChI is InChI=1S/C29H37N5O7S2/c1-3-41-29(36)32-13-15-33(16-14-32)43(37,38)24-8-5-22(6-9-24)27(35)34(12-4-11-31-17-19-40-20-18-31)28-30-25-21-23(39-2)7-10-26(25)42-28/h5-10,21H,3-4,11-20H2,1-2H3. The highest BCUT2D eigenvalue weighted by Gasteiger charge is 2.31. The van der Waals surface area contributed by atoms with E-state index in [0.717, 1.165) is 36.3 Å². The molecule has 2 aliphatic heterocycles. The van der Waals surface area contributed by atoms with Crippen molar-refractivity contribution in [2.24, 2.45) is 0 Å². The molecule has 0 spiro atoms. The lowest BCUT2D eigenvalue weighted by atomic mass is 10.2. The largest absolute Gasteiger partial charge is 0.497 e. The minimum absolute atomic E-state index is 0.0968. The Kier molecular flexibility index (Phi) is 10.1. The molecule has 232 valence electrons. The third-order valence-electron chi connectivity index (χ3n) is 7.52. The molecular formula is C29H37N5O7S2. The molecule has 0 saturated carbocycles. The van der Waals surface area contributed by atoms with Crippen LogP contribution in [0.25, 0.3) is 10.2 Å². The van der Waals surface area contributed by atoms with Crippen LogP contribution in [0.5, 0.6) is 5.75 Å². The maximum absolute atomic E-state index is 13.9. The summed E-state index contributed by atoms with van der Waals surface area (Å²) < 4.78 is 44.8. The molecule has 0 unspecified atom stereocenters. The highest BCUT2D eigenvalue weighted by Crippen LogP contribution is 2.32. The number of morpholine rings is 1. The minimum atomic E-state index is -3.80. The molecule has 2 aliphatic rings. The van der Waals surface area contributed by atoms with Crippen LogP contribution in [0.1, 0.15) is 23.7 Å². The number of amides is 2. The van der Waals surface area contributed by atoms with E-state index in [9.17, 15) is 18.0 Å². The Morgan fingerprint density at radius 3 is 2.42 bits per heavy atom. The molecule has 3 aromatic rings. The van der Waals surface area contributed by atoms with Gasteiger partial charge in [0.05, 0.1) is 42.0 Å². The van der Waals surface area contributed by atoms with Crippen LogP contribution < -0.4 is 9.64 Å². The average molecular weight is 632 g/mol. The van der Waals surface area contributed by atoms with Gasteiger partial charge in [0.25, 0.3) is 5.91 Å². The smallest absolute Gasteiger partial charge is 0.409 e. The van der Waals surface area contributed by atoms with Gasteiger partial charge in [0.1, 0.15) is 5.75 Å². The zero-order valence-corrected chi connectivity index (χ0v) is 26.1. The monoisotopic (exact) mass is 631 g/mol. The van der Waals surface area contributed by atoms with Crippen molar-refractivity contribution in [1.29, 1.82) is 0 Å². The molecule has 3 heterocycles. The second-order valence-corrected chi connectivity index (χ2v) is 13.2. The number of hydrogen-bond acceptors (Lipinski definition) is 10. The lowest BCUT2D eigenvalue weighted by Gasteiger charge is -2.33. The van der Waals surface area contributed by atoms with Gasteiger partial charge in [-0.05, 0) is 49.7 Å². The number of anilines is 1. The molecule has 0 bridgehead atoms. The van der Waals surface area contributed by atoms with Gasteiger partial charge < -0.3 is 19.1 Å². The average Bonchev–Trinajstić information content (AvgIpc) is 3.46. The number of hydrogen-bond donors (Lipinski definition) is 0. The van der Waals surface area contributed by atoms with E-state index >= 15 is 0 Å². The van der Waals surface area contributed by atoms with E-state index in [1.807, 2.05) is 18.2 Å². The van der Waals surface area contributed by atoms with E-state index in [1.54, 1.807) is 31.1 Å². The van der Waals surface area contributed by atoms with Gasteiger partial charge in [-0.2, -0.15) is 4.31 Å². The number of methoxy groups -OCH3 is 1. The molecule has 0 radical (unpaired) electrons. The number of piperazine rings is 1. The Morgan fingerprint density at radius 2 is 1.74 bits per heavy atom. The Bertz CT molecular complexity index is 1520. The molecule has 2 amide bonds. The summed E-state index contributed by atoms with van der Waals surface area (Å²) in [7, 11) is -2.20. The summed E-state index contributed by atoms with van der Waals surface area (Å²) in [5.74, 6) is 0.439. The number of benzene rings is 2. The topological polar surface area (TPSA) is 122 Å². The summed E-state index contributed by atoms with van der Waals surface area (Å²) in [4.78, 5) is 36.2. The number of rotatable bonds is 10. The van der Waals surface area contributed by atoms with Crippen LogP contribution in [0.2, 0.25) is 0 Å². The van der Waals surface area contributed by atoms with Crippen molar-refractivity contribution < 1.29 is 32.2 Å². The number of nitrogens with zero attached hydrogens (tertiary/aromatic N) is 5. The van der Waals surface area contributed by atoms with Crippen LogP contribution in [-0.2, 0) is 19.5 Å². The summed E-state index contributed by atoms with van der Waals surface area (Å²) in [5.41, 5.74) is 1.11. The van der Waals surface area contributed by atoms with Gasteiger partial charge in [-0.25, -0.2) is 18.2 Å². The van der Waals surface area contributed by atoms with Crippen LogP contribution in [0.15, 0.2) is 47.4 Å². The van der Waals surface area contributed by atoms with Crippen molar-refractivity contribution in [3.63, 3.8) is 0 Å². The number of sulfonamides is 1. The summed E-state index contributed by atoms with van der Waals surface area (Å²) in [5, 5.41) is 0.575. The fourth-order valence-electron chi connectivity index (χ4n) is 5.10. The van der Waals surface area contributed by atoms with Crippen molar-refractivity contribution >= 4 is 48.7 Å². The molecule has 14 heteroatoms. The summed E-state index contributed by atoms with van der Waals surface area (Å²) in [6.07, 6.45) is 0.305. The van der Waals surface area contributed by atoms with Crippen molar-refractivity contribution in [1.82, 2.24) is 19.1 Å². The van der Waals surface area contributed by atoms with Gasteiger partial charge in [0, 0.05) is 64.0 Å². The maximum Gasteiger partial charge on any atom is 0.409 e. The van der Waals surface area contributed by atoms with Crippen LogP contribution in [0.3, 0.4) is 0 Å². The molecular weight excluding hydrogens is 594 g/mol. The zero-order valence-electron chi connectivity index (χ0n) is 24.4. The Labute approximate surface area is 255 Å². The van der Waals surface area contributed by atoms with E-state index < -0.39 is 16.1 Å². The van der Waals surface area contributed by atoms with Gasteiger partial charge in [-0.15, -0.1) is 0 Å². The molecule has 2 fully saturated rings. The first-order chi connectivity index (χ1) is 20.8. The quantitative estimate of drug-likeness (QED) is 0.332. The Balaban J connectivity index is 1.32. The molecule has 12 nitrogen and oxygen atoms in total. The van der Waals surface area contributed by atoms with Crippen molar-refractivity contribution in [3.05, 3.63) is 48.0 Å². The number of carbonyl (C=O) groups excluding carboxylic acids is 2. The normalized spacial score (nSPS) is 16.7. The first-order valence-corrected chi connectivity index (χ1v) is 16.6. The molecule has 5 rings (SSSR count). The fourth-order valence-corrected chi connectivity index (χ4v) is 7.49. The Morgan fingerprint density at radius 1 is 1.02 bits per heavy atom. The highest BCUT2D eigenvalue weighted by atomic mass is 32.2. The van der Waals surface area contributed by atoms with Crippen LogP contribution in [-0.4, -0.2) is 119 Å². The molecule has 2 saturated heterocycles. The predicted molar refractivity (Wildman–Crippen MR) is 164 cm³/mol. The number of carbonyl (C=O) groups is 2. The minimum Gasteiger partial charge on any atom is -0.497 e. The third kappa shape index (κ3) is 7.27. The van der Waals surface area contributed by atoms with E-state index in [1.165, 1.54) is 32.7 Å². The fraction of sp³-hybridized carbons (Fsp3) is 0.483. The van der Waals surface area contributed by atoms with E-state index in [0.29, 0.717) is 36.2 Å². The van der Waals surface area contributed by atoms with E-state index in [2.05, 4.69) is 4.90 Å². The number of aromatic nitrogens is 1. The Hall–Kier alpha value is -3.30. The lowest BCUT2D eigenvalue weighted by Crippen LogP contribution is -2.50. The van der Waals surface area contributed by atoms with Crippen LogP contribution in [0, 0.1) is 0 Å². The second kappa shape index (κ2) is 14.0. The van der Waals surface area contributed by atoms with Crippen LogP contribution in [0.4, 0.5) is 9.93 Å². The number of fused-ring (bicyclic) bond motifs is 1. The van der Waals surface area contributed by atoms with Crippen molar-refractivity contribution in [2.75, 3.05) is 84.2 Å². The van der Waals surface area contributed by atoms with E-state index in [-0.39, 0.29) is 43.6 Å². The zero-order chi connectivity index (χ0) is 30.4. The molecule has 0 atom stereocenters. The third-order valence-corrected chi connectivity index (χ3v) is 10.5. The van der Waals surface area contributed by atoms with Gasteiger partial charge in [0.15, 0.2) is 5.13 Å². The summed E-state index contributed by atoms with van der Waals surface area (Å²) in [6.45, 7) is 7.26.